The third-order valence-electron chi connectivity index (χ3n) is 4.47. The second-order valence-corrected chi connectivity index (χ2v) is 6.17. The largest absolute Gasteiger partial charge is 0.322 e. The van der Waals surface area contributed by atoms with Gasteiger partial charge < -0.3 is 15.5 Å². The fourth-order valence-electron chi connectivity index (χ4n) is 3.18. The highest BCUT2D eigenvalue weighted by Gasteiger charge is 2.38. The summed E-state index contributed by atoms with van der Waals surface area (Å²) in [6, 6.07) is 5.24. The van der Waals surface area contributed by atoms with Crippen LogP contribution in [0.4, 0.5) is 0 Å². The van der Waals surface area contributed by atoms with Crippen molar-refractivity contribution in [1.82, 2.24) is 20.9 Å². The van der Waals surface area contributed by atoms with Gasteiger partial charge in [0.25, 0.3) is 5.91 Å². The summed E-state index contributed by atoms with van der Waals surface area (Å²) in [5.74, 6) is -0.772. The first-order valence-corrected chi connectivity index (χ1v) is 8.22. The molecule has 1 aromatic carbocycles. The fourth-order valence-corrected chi connectivity index (χ4v) is 3.18. The lowest BCUT2D eigenvalue weighted by Gasteiger charge is -2.29. The van der Waals surface area contributed by atoms with Crippen LogP contribution in [0.3, 0.4) is 0 Å². The van der Waals surface area contributed by atoms with Gasteiger partial charge in [0.2, 0.25) is 11.8 Å². The summed E-state index contributed by atoms with van der Waals surface area (Å²) in [4.78, 5) is 37.4. The van der Waals surface area contributed by atoms with E-state index in [0.29, 0.717) is 18.5 Å². The highest BCUT2D eigenvalue weighted by atomic mass is 16.2. The van der Waals surface area contributed by atoms with E-state index in [0.717, 1.165) is 30.8 Å². The molecule has 0 bridgehead atoms. The lowest BCUT2D eigenvalue weighted by atomic mass is 10.0. The minimum atomic E-state index is -0.556. The molecule has 0 saturated carbocycles. The second-order valence-electron chi connectivity index (χ2n) is 6.17. The van der Waals surface area contributed by atoms with Crippen LogP contribution in [0.15, 0.2) is 18.2 Å². The molecule has 3 rings (SSSR count). The number of hydrogen-bond acceptors (Lipinski definition) is 5. The number of likely N-dealkylation sites (N-methyl/N-ethyl adjacent to an activating group) is 1. The van der Waals surface area contributed by atoms with Crippen LogP contribution >= 0.6 is 0 Å². The van der Waals surface area contributed by atoms with E-state index >= 15 is 0 Å². The van der Waals surface area contributed by atoms with Crippen molar-refractivity contribution >= 4 is 17.7 Å². The van der Waals surface area contributed by atoms with E-state index in [2.05, 4.69) is 16.0 Å². The Balaban J connectivity index is 1.68. The summed E-state index contributed by atoms with van der Waals surface area (Å²) < 4.78 is 0. The van der Waals surface area contributed by atoms with Crippen LogP contribution in [0.5, 0.6) is 0 Å². The van der Waals surface area contributed by atoms with E-state index in [9.17, 15) is 14.4 Å². The maximum absolute atomic E-state index is 12.6. The number of carbonyl (C=O) groups excluding carboxylic acids is 3. The molecule has 3 N–H and O–H groups in total. The Morgan fingerprint density at radius 2 is 2.08 bits per heavy atom. The number of imide groups is 1. The molecule has 2 aliphatic heterocycles. The number of fused-ring (bicyclic) bond motifs is 1. The number of nitrogens with one attached hydrogen (secondary N) is 3. The zero-order valence-electron chi connectivity index (χ0n) is 13.7. The molecular weight excluding hydrogens is 308 g/mol. The maximum atomic E-state index is 12.6. The number of nitrogens with zero attached hydrogens (tertiary/aromatic N) is 1. The van der Waals surface area contributed by atoms with E-state index in [-0.39, 0.29) is 24.1 Å². The first-order valence-electron chi connectivity index (χ1n) is 8.22. The molecule has 1 saturated heterocycles. The minimum absolute atomic E-state index is 0.130. The summed E-state index contributed by atoms with van der Waals surface area (Å²) in [5.41, 5.74) is 2.71. The van der Waals surface area contributed by atoms with Crippen molar-refractivity contribution in [3.8, 4) is 0 Å². The van der Waals surface area contributed by atoms with Gasteiger partial charge in [-0.05, 0) is 30.7 Å². The van der Waals surface area contributed by atoms with Crippen LogP contribution in [0.25, 0.3) is 0 Å². The molecule has 0 aliphatic carbocycles. The van der Waals surface area contributed by atoms with Crippen molar-refractivity contribution in [2.75, 3.05) is 20.1 Å². The summed E-state index contributed by atoms with van der Waals surface area (Å²) in [5, 5.41) is 8.72. The van der Waals surface area contributed by atoms with Gasteiger partial charge in [-0.2, -0.15) is 0 Å². The molecule has 0 radical (unpaired) electrons. The minimum Gasteiger partial charge on any atom is -0.322 e. The standard InChI is InChI=1S/C17H22N4O3/c1-18-6-7-19-9-11-2-3-13-12(8-11)10-21(17(13)24)14-4-5-15(22)20-16(14)23/h2-3,8,14,18-19H,4-7,9-10H2,1H3,(H,20,22,23). The molecule has 128 valence electrons. The Morgan fingerprint density at radius 3 is 2.83 bits per heavy atom. The Morgan fingerprint density at radius 1 is 1.25 bits per heavy atom. The van der Waals surface area contributed by atoms with Gasteiger partial charge in [0.15, 0.2) is 0 Å². The molecule has 3 amide bonds. The SMILES string of the molecule is CNCCNCc1ccc2c(c1)CN(C1CCC(=O)NC1=O)C2=O. The van der Waals surface area contributed by atoms with Gasteiger partial charge in [0.05, 0.1) is 0 Å². The maximum Gasteiger partial charge on any atom is 0.255 e. The van der Waals surface area contributed by atoms with Crippen LogP contribution in [0.1, 0.15) is 34.3 Å². The first-order chi connectivity index (χ1) is 11.6. The number of rotatable bonds is 6. The van der Waals surface area contributed by atoms with Crippen LogP contribution in [0.2, 0.25) is 0 Å². The molecule has 1 unspecified atom stereocenters. The molecule has 1 fully saturated rings. The van der Waals surface area contributed by atoms with Gasteiger partial charge in [-0.25, -0.2) is 0 Å². The molecule has 7 heteroatoms. The number of hydrogen-bond donors (Lipinski definition) is 3. The first kappa shape index (κ1) is 16.6. The molecule has 24 heavy (non-hydrogen) atoms. The molecule has 1 atom stereocenters. The van der Waals surface area contributed by atoms with Crippen molar-refractivity contribution < 1.29 is 14.4 Å². The molecule has 0 spiro atoms. The van der Waals surface area contributed by atoms with E-state index in [1.807, 2.05) is 25.2 Å². The van der Waals surface area contributed by atoms with Crippen LogP contribution in [-0.2, 0) is 22.7 Å². The molecule has 2 aliphatic rings. The normalized spacial score (nSPS) is 20.3. The molecule has 7 nitrogen and oxygen atoms in total. The summed E-state index contributed by atoms with van der Waals surface area (Å²) in [6.45, 7) is 2.92. The number of amides is 3. The lowest BCUT2D eigenvalue weighted by Crippen LogP contribution is -2.52. The van der Waals surface area contributed by atoms with Gasteiger partial charge in [0.1, 0.15) is 6.04 Å². The highest BCUT2D eigenvalue weighted by molar-refractivity contribution is 6.05. The fraction of sp³-hybridized carbons (Fsp3) is 0.471. The van der Waals surface area contributed by atoms with Crippen molar-refractivity contribution in [3.63, 3.8) is 0 Å². The predicted molar refractivity (Wildman–Crippen MR) is 88.1 cm³/mol. The molecular formula is C17H22N4O3. The van der Waals surface area contributed by atoms with Crippen LogP contribution < -0.4 is 16.0 Å². The Kier molecular flexibility index (Phi) is 4.92. The highest BCUT2D eigenvalue weighted by Crippen LogP contribution is 2.28. The summed E-state index contributed by atoms with van der Waals surface area (Å²) in [7, 11) is 1.91. The van der Waals surface area contributed by atoms with Crippen molar-refractivity contribution in [1.29, 1.82) is 0 Å². The summed E-state index contributed by atoms with van der Waals surface area (Å²) in [6.07, 6.45) is 0.667. The Bertz CT molecular complexity index is 674. The van der Waals surface area contributed by atoms with Crippen molar-refractivity contribution in [2.24, 2.45) is 0 Å². The second kappa shape index (κ2) is 7.11. The van der Waals surface area contributed by atoms with Crippen LogP contribution in [0, 0.1) is 0 Å². The van der Waals surface area contributed by atoms with Gasteiger partial charge in [-0.15, -0.1) is 0 Å². The lowest BCUT2D eigenvalue weighted by molar-refractivity contribution is -0.136. The van der Waals surface area contributed by atoms with Crippen molar-refractivity contribution in [2.45, 2.75) is 32.0 Å². The van der Waals surface area contributed by atoms with E-state index in [4.69, 9.17) is 0 Å². The third-order valence-corrected chi connectivity index (χ3v) is 4.47. The average molecular weight is 330 g/mol. The average Bonchev–Trinajstić information content (AvgIpc) is 2.88. The van der Waals surface area contributed by atoms with Gasteiger partial charge in [-0.1, -0.05) is 12.1 Å². The van der Waals surface area contributed by atoms with Gasteiger partial charge in [0, 0.05) is 38.2 Å². The Hall–Kier alpha value is -2.25. The zero-order valence-corrected chi connectivity index (χ0v) is 13.7. The van der Waals surface area contributed by atoms with E-state index in [1.165, 1.54) is 0 Å². The topological polar surface area (TPSA) is 90.5 Å². The number of carbonyl (C=O) groups is 3. The van der Waals surface area contributed by atoms with E-state index < -0.39 is 6.04 Å². The number of piperidine rings is 1. The van der Waals surface area contributed by atoms with Gasteiger partial charge >= 0.3 is 0 Å². The Labute approximate surface area is 140 Å². The molecule has 1 aromatic rings. The van der Waals surface area contributed by atoms with E-state index in [1.54, 1.807) is 4.90 Å². The molecule has 2 heterocycles. The monoisotopic (exact) mass is 330 g/mol. The number of benzene rings is 1. The summed E-state index contributed by atoms with van der Waals surface area (Å²) >= 11 is 0. The van der Waals surface area contributed by atoms with Crippen molar-refractivity contribution in [3.05, 3.63) is 34.9 Å². The van der Waals surface area contributed by atoms with Crippen LogP contribution in [-0.4, -0.2) is 48.8 Å². The smallest absolute Gasteiger partial charge is 0.255 e. The predicted octanol–water partition coefficient (Wildman–Crippen LogP) is -0.243. The molecule has 0 aromatic heterocycles. The quantitative estimate of drug-likeness (QED) is 0.495. The van der Waals surface area contributed by atoms with Gasteiger partial charge in [-0.3, -0.25) is 19.7 Å². The zero-order chi connectivity index (χ0) is 17.1. The third kappa shape index (κ3) is 3.32.